The predicted molar refractivity (Wildman–Crippen MR) is 134 cm³/mol. The number of benzene rings is 3. The number of aryl methyl sites for hydroxylation is 1. The predicted octanol–water partition coefficient (Wildman–Crippen LogP) is 9.23. The van der Waals surface area contributed by atoms with Gasteiger partial charge in [0.05, 0.1) is 0 Å². The largest absolute Gasteiger partial charge is 0.204 e. The molecule has 0 N–H and O–H groups in total. The maximum absolute atomic E-state index is 15.1. The Kier molecular flexibility index (Phi) is 6.36. The average Bonchev–Trinajstić information content (AvgIpc) is 3.21. The zero-order valence-electron chi connectivity index (χ0n) is 19.9. The first-order valence-electron chi connectivity index (χ1n) is 12.8. The van der Waals surface area contributed by atoms with Crippen molar-refractivity contribution in [3.05, 3.63) is 82.4 Å². The molecule has 0 unspecified atom stereocenters. The minimum Gasteiger partial charge on any atom is -0.204 e. The van der Waals surface area contributed by atoms with E-state index >= 15 is 4.39 Å². The van der Waals surface area contributed by atoms with Crippen molar-refractivity contribution in [1.29, 1.82) is 0 Å². The Hall–Kier alpha value is -2.48. The van der Waals surface area contributed by atoms with Gasteiger partial charge in [0.25, 0.3) is 0 Å². The number of hydrogen-bond donors (Lipinski definition) is 0. The lowest BCUT2D eigenvalue weighted by Crippen LogP contribution is -2.14. The van der Waals surface area contributed by atoms with Gasteiger partial charge < -0.3 is 0 Å². The van der Waals surface area contributed by atoms with Crippen LogP contribution in [0.2, 0.25) is 0 Å². The summed E-state index contributed by atoms with van der Waals surface area (Å²) in [5.41, 5.74) is 7.96. The van der Waals surface area contributed by atoms with Gasteiger partial charge in [0, 0.05) is 5.56 Å². The highest BCUT2D eigenvalue weighted by Gasteiger charge is 2.30. The Morgan fingerprint density at radius 2 is 1.61 bits per heavy atom. The molecule has 0 nitrogen and oxygen atoms in total. The molecule has 1 saturated carbocycles. The van der Waals surface area contributed by atoms with Crippen LogP contribution in [-0.2, 0) is 12.8 Å². The van der Waals surface area contributed by atoms with Gasteiger partial charge in [0.1, 0.15) is 0 Å². The Morgan fingerprint density at radius 3 is 2.36 bits per heavy atom. The highest BCUT2D eigenvalue weighted by Crippen LogP contribution is 2.47. The molecule has 0 aromatic heterocycles. The van der Waals surface area contributed by atoms with Gasteiger partial charge in [0.2, 0.25) is 0 Å². The van der Waals surface area contributed by atoms with Gasteiger partial charge in [-0.25, -0.2) is 8.78 Å². The lowest BCUT2D eigenvalue weighted by molar-refractivity contribution is 0.308. The van der Waals surface area contributed by atoms with Crippen LogP contribution in [-0.4, -0.2) is 0 Å². The quantitative estimate of drug-likeness (QED) is 0.278. The first-order chi connectivity index (χ1) is 16.1. The third-order valence-corrected chi connectivity index (χ3v) is 7.91. The second-order valence-electron chi connectivity index (χ2n) is 10.1. The van der Waals surface area contributed by atoms with Gasteiger partial charge >= 0.3 is 0 Å². The van der Waals surface area contributed by atoms with Crippen molar-refractivity contribution in [1.82, 2.24) is 0 Å². The van der Waals surface area contributed by atoms with E-state index in [2.05, 4.69) is 44.2 Å². The number of fused-ring (bicyclic) bond motifs is 3. The number of halogens is 2. The molecule has 2 aliphatic rings. The molecule has 0 bridgehead atoms. The topological polar surface area (TPSA) is 0 Å². The molecule has 0 spiro atoms. The molecule has 33 heavy (non-hydrogen) atoms. The molecule has 2 aliphatic carbocycles. The van der Waals surface area contributed by atoms with Crippen molar-refractivity contribution >= 4 is 0 Å². The fourth-order valence-electron chi connectivity index (χ4n) is 6.31. The summed E-state index contributed by atoms with van der Waals surface area (Å²) in [6, 6.07) is 16.2. The summed E-state index contributed by atoms with van der Waals surface area (Å²) in [7, 11) is 0. The summed E-state index contributed by atoms with van der Waals surface area (Å²) < 4.78 is 30.1. The van der Waals surface area contributed by atoms with Gasteiger partial charge in [-0.2, -0.15) is 0 Å². The molecule has 0 atom stereocenters. The second kappa shape index (κ2) is 9.41. The summed E-state index contributed by atoms with van der Waals surface area (Å²) in [6.07, 6.45) is 10.3. The van der Waals surface area contributed by atoms with Crippen molar-refractivity contribution < 1.29 is 8.78 Å². The lowest BCUT2D eigenvalue weighted by Gasteiger charge is -2.30. The first-order valence-corrected chi connectivity index (χ1v) is 12.8. The number of hydrogen-bond acceptors (Lipinski definition) is 0. The van der Waals surface area contributed by atoms with Crippen LogP contribution in [0.25, 0.3) is 22.3 Å². The molecule has 0 aliphatic heterocycles. The lowest BCUT2D eigenvalue weighted by atomic mass is 9.75. The molecule has 1 fully saturated rings. The van der Waals surface area contributed by atoms with E-state index < -0.39 is 11.6 Å². The van der Waals surface area contributed by atoms with E-state index in [4.69, 9.17) is 0 Å². The fraction of sp³-hybridized carbons (Fsp3) is 0.419. The van der Waals surface area contributed by atoms with Crippen LogP contribution in [0, 0.1) is 17.6 Å². The Morgan fingerprint density at radius 1 is 0.818 bits per heavy atom. The van der Waals surface area contributed by atoms with Crippen LogP contribution in [0.5, 0.6) is 0 Å². The molecule has 0 amide bonds. The highest BCUT2D eigenvalue weighted by molar-refractivity contribution is 5.86. The van der Waals surface area contributed by atoms with Gasteiger partial charge in [-0.05, 0) is 95.4 Å². The molecule has 0 heterocycles. The minimum atomic E-state index is -0.740. The van der Waals surface area contributed by atoms with Crippen molar-refractivity contribution in [2.45, 2.75) is 77.6 Å². The summed E-state index contributed by atoms with van der Waals surface area (Å²) in [5.74, 6) is -0.0975. The SMILES string of the molecule is CCCc1ccc2c(c1)Cc1c(-c3ccccc3C3CCC(CCC)CC3)cc(F)c(F)c1-2. The first kappa shape index (κ1) is 22.3. The van der Waals surface area contributed by atoms with E-state index in [-0.39, 0.29) is 0 Å². The molecular formula is C31H34F2. The van der Waals surface area contributed by atoms with E-state index in [0.717, 1.165) is 46.6 Å². The standard InChI is InChI=1S/C31H34F2/c1-3-7-20-11-14-22(15-12-20)24-9-5-6-10-26(24)27-19-29(32)31(33)30-25-16-13-21(8-4-2)17-23(25)18-28(27)30/h5-6,9-10,13,16-17,19-20,22H,3-4,7-8,11-12,14-15,18H2,1-2H3. The molecular weight excluding hydrogens is 410 g/mol. The molecule has 172 valence electrons. The van der Waals surface area contributed by atoms with Gasteiger partial charge in [-0.15, -0.1) is 0 Å². The maximum atomic E-state index is 15.1. The summed E-state index contributed by atoms with van der Waals surface area (Å²) in [5, 5.41) is 0. The molecule has 3 aromatic rings. The van der Waals surface area contributed by atoms with Crippen LogP contribution in [0.3, 0.4) is 0 Å². The zero-order chi connectivity index (χ0) is 22.9. The molecule has 5 rings (SSSR count). The summed E-state index contributed by atoms with van der Waals surface area (Å²) in [6.45, 7) is 4.44. The Balaban J connectivity index is 1.56. The molecule has 0 radical (unpaired) electrons. The zero-order valence-corrected chi connectivity index (χ0v) is 19.9. The summed E-state index contributed by atoms with van der Waals surface area (Å²) in [4.78, 5) is 0. The van der Waals surface area contributed by atoms with Gasteiger partial charge in [-0.1, -0.05) is 75.6 Å². The van der Waals surface area contributed by atoms with Crippen LogP contribution < -0.4 is 0 Å². The minimum absolute atomic E-state index is 0.476. The highest BCUT2D eigenvalue weighted by atomic mass is 19.2. The van der Waals surface area contributed by atoms with E-state index in [9.17, 15) is 4.39 Å². The van der Waals surface area contributed by atoms with Gasteiger partial charge in [-0.3, -0.25) is 0 Å². The smallest absolute Gasteiger partial charge is 0.166 e. The van der Waals surface area contributed by atoms with Crippen LogP contribution in [0.15, 0.2) is 48.5 Å². The van der Waals surface area contributed by atoms with Crippen molar-refractivity contribution in [2.24, 2.45) is 5.92 Å². The van der Waals surface area contributed by atoms with Gasteiger partial charge in [0.15, 0.2) is 11.6 Å². The Labute approximate surface area is 197 Å². The van der Waals surface area contributed by atoms with E-state index in [1.807, 2.05) is 12.1 Å². The third-order valence-electron chi connectivity index (χ3n) is 7.91. The van der Waals surface area contributed by atoms with Crippen LogP contribution in [0.1, 0.15) is 87.0 Å². The van der Waals surface area contributed by atoms with E-state index in [1.54, 1.807) is 0 Å². The van der Waals surface area contributed by atoms with E-state index in [0.29, 0.717) is 17.9 Å². The molecule has 0 saturated heterocycles. The molecule has 3 aromatic carbocycles. The monoisotopic (exact) mass is 444 g/mol. The fourth-order valence-corrected chi connectivity index (χ4v) is 6.31. The number of rotatable bonds is 6. The third kappa shape index (κ3) is 4.14. The van der Waals surface area contributed by atoms with Crippen molar-refractivity contribution in [3.8, 4) is 22.3 Å². The normalized spacial score (nSPS) is 19.4. The van der Waals surface area contributed by atoms with Crippen LogP contribution in [0.4, 0.5) is 8.78 Å². The van der Waals surface area contributed by atoms with E-state index in [1.165, 1.54) is 55.7 Å². The maximum Gasteiger partial charge on any atom is 0.166 e. The van der Waals surface area contributed by atoms with Crippen LogP contribution >= 0.6 is 0 Å². The average molecular weight is 445 g/mol. The molecule has 2 heteroatoms. The van der Waals surface area contributed by atoms with Crippen molar-refractivity contribution in [3.63, 3.8) is 0 Å². The van der Waals surface area contributed by atoms with Crippen molar-refractivity contribution in [2.75, 3.05) is 0 Å². The second-order valence-corrected chi connectivity index (χ2v) is 10.1. The Bertz CT molecular complexity index is 1150. The summed E-state index contributed by atoms with van der Waals surface area (Å²) >= 11 is 0.